The predicted molar refractivity (Wildman–Crippen MR) is 78.5 cm³/mol. The zero-order valence-corrected chi connectivity index (χ0v) is 11.9. The summed E-state index contributed by atoms with van der Waals surface area (Å²) in [5.74, 6) is 1.21. The van der Waals surface area contributed by atoms with Crippen molar-refractivity contribution >= 4 is 11.8 Å². The highest BCUT2D eigenvalue weighted by molar-refractivity contribution is 7.98. The maximum absolute atomic E-state index is 6.22. The lowest BCUT2D eigenvalue weighted by Gasteiger charge is -2.27. The molecular weight excluding hydrogens is 228 g/mol. The lowest BCUT2D eigenvalue weighted by molar-refractivity contribution is 0.239. The van der Waals surface area contributed by atoms with E-state index < -0.39 is 0 Å². The minimum atomic E-state index is 0.109. The Morgan fingerprint density at radius 1 is 1.29 bits per heavy atom. The van der Waals surface area contributed by atoms with Gasteiger partial charge in [-0.1, -0.05) is 30.3 Å². The summed E-state index contributed by atoms with van der Waals surface area (Å²) in [4.78, 5) is 2.36. The molecule has 3 heteroatoms. The van der Waals surface area contributed by atoms with E-state index in [1.807, 2.05) is 30.0 Å². The zero-order valence-electron chi connectivity index (χ0n) is 11.1. The van der Waals surface area contributed by atoms with Crippen LogP contribution in [0.1, 0.15) is 24.9 Å². The molecule has 96 valence electrons. The normalized spacial score (nSPS) is 14.9. The predicted octanol–water partition coefficient (Wildman–Crippen LogP) is 2.76. The van der Waals surface area contributed by atoms with Gasteiger partial charge < -0.3 is 10.6 Å². The maximum Gasteiger partial charge on any atom is 0.0424 e. The number of nitrogens with two attached hydrogens (primary N) is 1. The van der Waals surface area contributed by atoms with E-state index in [0.717, 1.165) is 6.54 Å². The van der Waals surface area contributed by atoms with E-state index in [-0.39, 0.29) is 6.04 Å². The van der Waals surface area contributed by atoms with Gasteiger partial charge in [-0.05, 0) is 38.0 Å². The Morgan fingerprint density at radius 2 is 1.94 bits per heavy atom. The molecule has 1 aromatic carbocycles. The minimum Gasteiger partial charge on any atom is -0.323 e. The van der Waals surface area contributed by atoms with Crippen molar-refractivity contribution < 1.29 is 0 Å². The van der Waals surface area contributed by atoms with Crippen LogP contribution in [0.5, 0.6) is 0 Å². The molecule has 0 saturated heterocycles. The van der Waals surface area contributed by atoms with Crippen molar-refractivity contribution in [2.75, 3.05) is 25.6 Å². The van der Waals surface area contributed by atoms with Crippen LogP contribution < -0.4 is 5.73 Å². The van der Waals surface area contributed by atoms with E-state index in [1.54, 1.807) is 0 Å². The van der Waals surface area contributed by atoms with Crippen LogP contribution in [0.4, 0.5) is 0 Å². The van der Waals surface area contributed by atoms with Gasteiger partial charge in [0, 0.05) is 18.6 Å². The van der Waals surface area contributed by atoms with E-state index in [0.29, 0.717) is 6.04 Å². The molecule has 1 aromatic rings. The molecule has 0 fully saturated rings. The summed E-state index contributed by atoms with van der Waals surface area (Å²) in [6.45, 7) is 3.19. The van der Waals surface area contributed by atoms with Crippen molar-refractivity contribution in [2.24, 2.45) is 5.73 Å². The monoisotopic (exact) mass is 252 g/mol. The summed E-state index contributed by atoms with van der Waals surface area (Å²) in [5, 5.41) is 0. The molecule has 0 aliphatic rings. The summed E-state index contributed by atoms with van der Waals surface area (Å²) in [6.07, 6.45) is 3.38. The van der Waals surface area contributed by atoms with Crippen LogP contribution in [0.2, 0.25) is 0 Å². The highest BCUT2D eigenvalue weighted by Crippen LogP contribution is 2.13. The van der Waals surface area contributed by atoms with Crippen molar-refractivity contribution in [1.29, 1.82) is 0 Å². The van der Waals surface area contributed by atoms with Gasteiger partial charge in [0.2, 0.25) is 0 Å². The minimum absolute atomic E-state index is 0.109. The molecule has 0 heterocycles. The van der Waals surface area contributed by atoms with Gasteiger partial charge in [-0.3, -0.25) is 0 Å². The quantitative estimate of drug-likeness (QED) is 0.809. The fourth-order valence-electron chi connectivity index (χ4n) is 1.80. The molecule has 0 aliphatic carbocycles. The smallest absolute Gasteiger partial charge is 0.0424 e. The standard InChI is InChI=1S/C14H24N2S/c1-12(9-10-17-3)16(2)11-14(15)13-7-5-4-6-8-13/h4-8,12,14H,9-11,15H2,1-3H3. The van der Waals surface area contributed by atoms with Crippen LogP contribution in [-0.4, -0.2) is 36.5 Å². The van der Waals surface area contributed by atoms with Crippen LogP contribution in [-0.2, 0) is 0 Å². The van der Waals surface area contributed by atoms with Crippen molar-refractivity contribution in [3.63, 3.8) is 0 Å². The number of nitrogens with zero attached hydrogens (tertiary/aromatic N) is 1. The van der Waals surface area contributed by atoms with Gasteiger partial charge in [0.1, 0.15) is 0 Å². The van der Waals surface area contributed by atoms with Crippen LogP contribution in [0.3, 0.4) is 0 Å². The maximum atomic E-state index is 6.22. The Hall–Kier alpha value is -0.510. The summed E-state index contributed by atoms with van der Waals surface area (Å²) in [5.41, 5.74) is 7.43. The van der Waals surface area contributed by atoms with Crippen molar-refractivity contribution in [2.45, 2.75) is 25.4 Å². The Labute approximate surface area is 110 Å². The highest BCUT2D eigenvalue weighted by atomic mass is 32.2. The zero-order chi connectivity index (χ0) is 12.7. The number of likely N-dealkylation sites (N-methyl/N-ethyl adjacent to an activating group) is 1. The SMILES string of the molecule is CSCCC(C)N(C)CC(N)c1ccccc1. The first-order valence-electron chi connectivity index (χ1n) is 6.15. The van der Waals surface area contributed by atoms with Gasteiger partial charge in [0.25, 0.3) is 0 Å². The second-order valence-electron chi connectivity index (χ2n) is 4.59. The number of benzene rings is 1. The summed E-state index contributed by atoms with van der Waals surface area (Å²) in [6, 6.07) is 11.0. The average Bonchev–Trinajstić information content (AvgIpc) is 2.36. The second kappa shape index (κ2) is 7.75. The Bertz CT molecular complexity index is 302. The van der Waals surface area contributed by atoms with Gasteiger partial charge in [-0.15, -0.1) is 0 Å². The number of thioether (sulfide) groups is 1. The first-order chi connectivity index (χ1) is 8.15. The van der Waals surface area contributed by atoms with E-state index >= 15 is 0 Å². The molecule has 0 aromatic heterocycles. The third-order valence-electron chi connectivity index (χ3n) is 3.20. The first-order valence-corrected chi connectivity index (χ1v) is 7.54. The third-order valence-corrected chi connectivity index (χ3v) is 3.85. The molecule has 1 rings (SSSR count). The van der Waals surface area contributed by atoms with Gasteiger partial charge in [0.15, 0.2) is 0 Å². The molecule has 17 heavy (non-hydrogen) atoms. The van der Waals surface area contributed by atoms with Crippen LogP contribution >= 0.6 is 11.8 Å². The molecule has 2 unspecified atom stereocenters. The molecule has 0 bridgehead atoms. The molecule has 0 saturated carbocycles. The second-order valence-corrected chi connectivity index (χ2v) is 5.57. The van der Waals surface area contributed by atoms with Gasteiger partial charge in [-0.25, -0.2) is 0 Å². The van der Waals surface area contributed by atoms with E-state index in [1.165, 1.54) is 17.7 Å². The van der Waals surface area contributed by atoms with Gasteiger partial charge in [0.05, 0.1) is 0 Å². The molecule has 0 aliphatic heterocycles. The largest absolute Gasteiger partial charge is 0.323 e. The first kappa shape index (κ1) is 14.6. The van der Waals surface area contributed by atoms with Gasteiger partial charge in [-0.2, -0.15) is 11.8 Å². The third kappa shape index (κ3) is 5.11. The number of rotatable bonds is 7. The molecular formula is C14H24N2S. The van der Waals surface area contributed by atoms with Crippen LogP contribution in [0, 0.1) is 0 Å². The molecule has 2 nitrogen and oxygen atoms in total. The fraction of sp³-hybridized carbons (Fsp3) is 0.571. The van der Waals surface area contributed by atoms with Crippen molar-refractivity contribution in [3.8, 4) is 0 Å². The van der Waals surface area contributed by atoms with Crippen molar-refractivity contribution in [3.05, 3.63) is 35.9 Å². The number of hydrogen-bond donors (Lipinski definition) is 1. The topological polar surface area (TPSA) is 29.3 Å². The molecule has 0 amide bonds. The lowest BCUT2D eigenvalue weighted by atomic mass is 10.1. The van der Waals surface area contributed by atoms with E-state index in [4.69, 9.17) is 5.73 Å². The highest BCUT2D eigenvalue weighted by Gasteiger charge is 2.13. The number of hydrogen-bond acceptors (Lipinski definition) is 3. The summed E-state index contributed by atoms with van der Waals surface area (Å²) >= 11 is 1.90. The van der Waals surface area contributed by atoms with Crippen LogP contribution in [0.15, 0.2) is 30.3 Å². The van der Waals surface area contributed by atoms with Gasteiger partial charge >= 0.3 is 0 Å². The van der Waals surface area contributed by atoms with Crippen molar-refractivity contribution in [1.82, 2.24) is 4.90 Å². The molecule has 2 atom stereocenters. The molecule has 0 spiro atoms. The van der Waals surface area contributed by atoms with E-state index in [9.17, 15) is 0 Å². The molecule has 0 radical (unpaired) electrons. The Kier molecular flexibility index (Phi) is 6.63. The average molecular weight is 252 g/mol. The lowest BCUT2D eigenvalue weighted by Crippen LogP contribution is -2.35. The summed E-state index contributed by atoms with van der Waals surface area (Å²) in [7, 11) is 2.16. The molecule has 2 N–H and O–H groups in total. The Morgan fingerprint density at radius 3 is 2.53 bits per heavy atom. The van der Waals surface area contributed by atoms with E-state index in [2.05, 4.69) is 37.3 Å². The van der Waals surface area contributed by atoms with Crippen LogP contribution in [0.25, 0.3) is 0 Å². The summed E-state index contributed by atoms with van der Waals surface area (Å²) < 4.78 is 0. The fourth-order valence-corrected chi connectivity index (χ4v) is 2.38. The Balaban J connectivity index is 2.42.